The standard InChI is InChI=1S/C16H16N2O2S/c1-11-6-3-4-9-14(11)17-16(21)18-15(19)12-7-5-8-13(10-12)20-2/h3-10H,1-2H3,(H2,17,18,19,21). The molecule has 1 amide bonds. The van der Waals surface area contributed by atoms with E-state index in [-0.39, 0.29) is 11.0 Å². The smallest absolute Gasteiger partial charge is 0.257 e. The van der Waals surface area contributed by atoms with Gasteiger partial charge in [0.1, 0.15) is 5.75 Å². The highest BCUT2D eigenvalue weighted by Gasteiger charge is 2.09. The zero-order valence-corrected chi connectivity index (χ0v) is 12.7. The van der Waals surface area contributed by atoms with Crippen molar-refractivity contribution in [1.82, 2.24) is 5.32 Å². The third-order valence-corrected chi connectivity index (χ3v) is 3.16. The van der Waals surface area contributed by atoms with Gasteiger partial charge in [-0.05, 0) is 49.0 Å². The number of hydrogen-bond acceptors (Lipinski definition) is 3. The van der Waals surface area contributed by atoms with Gasteiger partial charge in [0.05, 0.1) is 7.11 Å². The maximum atomic E-state index is 12.1. The van der Waals surface area contributed by atoms with Crippen molar-refractivity contribution in [2.24, 2.45) is 0 Å². The fraction of sp³-hybridized carbons (Fsp3) is 0.125. The number of nitrogens with one attached hydrogen (secondary N) is 2. The van der Waals surface area contributed by atoms with E-state index in [0.29, 0.717) is 11.3 Å². The monoisotopic (exact) mass is 300 g/mol. The molecule has 2 aromatic carbocycles. The van der Waals surface area contributed by atoms with Crippen molar-refractivity contribution in [3.8, 4) is 5.75 Å². The number of carbonyl (C=O) groups is 1. The normalized spacial score (nSPS) is 9.81. The van der Waals surface area contributed by atoms with Gasteiger partial charge in [0, 0.05) is 11.3 Å². The fourth-order valence-electron chi connectivity index (χ4n) is 1.81. The van der Waals surface area contributed by atoms with Crippen LogP contribution in [0.5, 0.6) is 5.75 Å². The number of rotatable bonds is 3. The van der Waals surface area contributed by atoms with Gasteiger partial charge < -0.3 is 10.1 Å². The minimum Gasteiger partial charge on any atom is -0.497 e. The van der Waals surface area contributed by atoms with Crippen molar-refractivity contribution in [2.45, 2.75) is 6.92 Å². The summed E-state index contributed by atoms with van der Waals surface area (Å²) in [5, 5.41) is 5.92. The first kappa shape index (κ1) is 15.0. The van der Waals surface area contributed by atoms with E-state index < -0.39 is 0 Å². The molecule has 108 valence electrons. The number of ether oxygens (including phenoxy) is 1. The zero-order chi connectivity index (χ0) is 15.2. The average molecular weight is 300 g/mol. The van der Waals surface area contributed by atoms with E-state index in [4.69, 9.17) is 17.0 Å². The maximum Gasteiger partial charge on any atom is 0.257 e. The van der Waals surface area contributed by atoms with Crippen LogP contribution in [0.3, 0.4) is 0 Å². The lowest BCUT2D eigenvalue weighted by Gasteiger charge is -2.11. The Morgan fingerprint density at radius 3 is 2.62 bits per heavy atom. The fourth-order valence-corrected chi connectivity index (χ4v) is 2.01. The van der Waals surface area contributed by atoms with Gasteiger partial charge in [0.25, 0.3) is 5.91 Å². The Hall–Kier alpha value is -2.40. The van der Waals surface area contributed by atoms with Gasteiger partial charge >= 0.3 is 0 Å². The Morgan fingerprint density at radius 1 is 1.14 bits per heavy atom. The second-order valence-corrected chi connectivity index (χ2v) is 4.86. The molecule has 0 atom stereocenters. The molecular formula is C16H16N2O2S. The number of methoxy groups -OCH3 is 1. The molecule has 0 aliphatic heterocycles. The molecule has 2 N–H and O–H groups in total. The van der Waals surface area contributed by atoms with Crippen molar-refractivity contribution >= 4 is 28.9 Å². The molecule has 0 bridgehead atoms. The minimum absolute atomic E-state index is 0.261. The summed E-state index contributed by atoms with van der Waals surface area (Å²) in [4.78, 5) is 12.1. The third-order valence-electron chi connectivity index (χ3n) is 2.95. The van der Waals surface area contributed by atoms with Crippen molar-refractivity contribution in [3.63, 3.8) is 0 Å². The minimum atomic E-state index is -0.278. The van der Waals surface area contributed by atoms with E-state index in [1.807, 2.05) is 31.2 Å². The SMILES string of the molecule is COc1cccc(C(=O)NC(=S)Nc2ccccc2C)c1. The molecule has 0 heterocycles. The van der Waals surface area contributed by atoms with Crippen LogP contribution in [0, 0.1) is 6.92 Å². The Labute approximate surface area is 129 Å². The number of thiocarbonyl (C=S) groups is 1. The number of hydrogen-bond donors (Lipinski definition) is 2. The van der Waals surface area contributed by atoms with Crippen LogP contribution >= 0.6 is 12.2 Å². The van der Waals surface area contributed by atoms with Crippen LogP contribution in [0.15, 0.2) is 48.5 Å². The summed E-state index contributed by atoms with van der Waals surface area (Å²) in [5.41, 5.74) is 2.41. The number of amides is 1. The summed E-state index contributed by atoms with van der Waals surface area (Å²) in [6.45, 7) is 1.97. The number of carbonyl (C=O) groups excluding carboxylic acids is 1. The maximum absolute atomic E-state index is 12.1. The molecule has 21 heavy (non-hydrogen) atoms. The predicted octanol–water partition coefficient (Wildman–Crippen LogP) is 3.13. The van der Waals surface area contributed by atoms with Crippen molar-refractivity contribution in [2.75, 3.05) is 12.4 Å². The molecule has 0 aliphatic carbocycles. The van der Waals surface area contributed by atoms with E-state index in [1.54, 1.807) is 31.4 Å². The van der Waals surface area contributed by atoms with Crippen LogP contribution < -0.4 is 15.4 Å². The predicted molar refractivity (Wildman–Crippen MR) is 87.9 cm³/mol. The molecule has 0 saturated heterocycles. The van der Waals surface area contributed by atoms with Crippen LogP contribution in [0.2, 0.25) is 0 Å². The van der Waals surface area contributed by atoms with E-state index in [9.17, 15) is 4.79 Å². The molecule has 0 fully saturated rings. The molecule has 0 aliphatic rings. The van der Waals surface area contributed by atoms with Gasteiger partial charge in [-0.2, -0.15) is 0 Å². The molecule has 0 saturated carbocycles. The topological polar surface area (TPSA) is 50.4 Å². The Morgan fingerprint density at radius 2 is 1.90 bits per heavy atom. The summed E-state index contributed by atoms with van der Waals surface area (Å²) in [6, 6.07) is 14.6. The van der Waals surface area contributed by atoms with Crippen LogP contribution in [-0.2, 0) is 0 Å². The first-order chi connectivity index (χ1) is 10.1. The highest BCUT2D eigenvalue weighted by atomic mass is 32.1. The molecule has 2 rings (SSSR count). The Bertz CT molecular complexity index is 671. The molecule has 0 spiro atoms. The van der Waals surface area contributed by atoms with Gasteiger partial charge in [-0.1, -0.05) is 24.3 Å². The molecule has 0 unspecified atom stereocenters. The number of para-hydroxylation sites is 1. The quantitative estimate of drug-likeness (QED) is 0.855. The van der Waals surface area contributed by atoms with Crippen LogP contribution in [0.4, 0.5) is 5.69 Å². The molecule has 0 aromatic heterocycles. The number of anilines is 1. The van der Waals surface area contributed by atoms with Crippen molar-refractivity contribution < 1.29 is 9.53 Å². The van der Waals surface area contributed by atoms with Gasteiger partial charge in [-0.15, -0.1) is 0 Å². The zero-order valence-electron chi connectivity index (χ0n) is 11.8. The van der Waals surface area contributed by atoms with E-state index >= 15 is 0 Å². The highest BCUT2D eigenvalue weighted by Crippen LogP contribution is 2.14. The van der Waals surface area contributed by atoms with E-state index in [2.05, 4.69) is 10.6 Å². The lowest BCUT2D eigenvalue weighted by atomic mass is 10.2. The number of aryl methyl sites for hydroxylation is 1. The van der Waals surface area contributed by atoms with E-state index in [1.165, 1.54) is 0 Å². The Balaban J connectivity index is 2.02. The second-order valence-electron chi connectivity index (χ2n) is 4.46. The third kappa shape index (κ3) is 4.03. The van der Waals surface area contributed by atoms with Gasteiger partial charge in [0.2, 0.25) is 0 Å². The second kappa shape index (κ2) is 6.85. The Kier molecular flexibility index (Phi) is 4.90. The van der Waals surface area contributed by atoms with Crippen molar-refractivity contribution in [1.29, 1.82) is 0 Å². The molecule has 4 nitrogen and oxygen atoms in total. The van der Waals surface area contributed by atoms with Crippen LogP contribution in [0.1, 0.15) is 15.9 Å². The highest BCUT2D eigenvalue weighted by molar-refractivity contribution is 7.80. The summed E-state index contributed by atoms with van der Waals surface area (Å²) >= 11 is 5.16. The summed E-state index contributed by atoms with van der Waals surface area (Å²) in [7, 11) is 1.56. The largest absolute Gasteiger partial charge is 0.497 e. The first-order valence-electron chi connectivity index (χ1n) is 6.42. The summed E-state index contributed by atoms with van der Waals surface area (Å²) in [6.07, 6.45) is 0. The lowest BCUT2D eigenvalue weighted by molar-refractivity contribution is 0.0977. The summed E-state index contributed by atoms with van der Waals surface area (Å²) < 4.78 is 5.09. The van der Waals surface area contributed by atoms with E-state index in [0.717, 1.165) is 11.3 Å². The number of benzene rings is 2. The van der Waals surface area contributed by atoms with Crippen molar-refractivity contribution in [3.05, 3.63) is 59.7 Å². The molecule has 2 aromatic rings. The lowest BCUT2D eigenvalue weighted by Crippen LogP contribution is -2.34. The van der Waals surface area contributed by atoms with Crippen LogP contribution in [0.25, 0.3) is 0 Å². The molecule has 0 radical (unpaired) electrons. The molecular weight excluding hydrogens is 284 g/mol. The van der Waals surface area contributed by atoms with Gasteiger partial charge in [0.15, 0.2) is 5.11 Å². The average Bonchev–Trinajstić information content (AvgIpc) is 2.49. The first-order valence-corrected chi connectivity index (χ1v) is 6.83. The van der Waals surface area contributed by atoms with Crippen LogP contribution in [-0.4, -0.2) is 18.1 Å². The van der Waals surface area contributed by atoms with Gasteiger partial charge in [-0.3, -0.25) is 10.1 Å². The van der Waals surface area contributed by atoms with Gasteiger partial charge in [-0.25, -0.2) is 0 Å². The summed E-state index contributed by atoms with van der Waals surface area (Å²) in [5.74, 6) is 0.348. The molecule has 5 heteroatoms.